The van der Waals surface area contributed by atoms with Crippen LogP contribution in [0.15, 0.2) is 59.5 Å². The summed E-state index contributed by atoms with van der Waals surface area (Å²) in [6.45, 7) is 2.37. The molecule has 0 unspecified atom stereocenters. The van der Waals surface area contributed by atoms with Crippen molar-refractivity contribution < 1.29 is 14.3 Å². The second-order valence-electron chi connectivity index (χ2n) is 7.89. The van der Waals surface area contributed by atoms with E-state index in [-0.39, 0.29) is 17.9 Å². The van der Waals surface area contributed by atoms with E-state index in [1.807, 2.05) is 61.5 Å². The summed E-state index contributed by atoms with van der Waals surface area (Å²) in [7, 11) is 1.63. The van der Waals surface area contributed by atoms with E-state index in [1.165, 1.54) is 11.8 Å². The van der Waals surface area contributed by atoms with Gasteiger partial charge in [0.15, 0.2) is 0 Å². The zero-order valence-corrected chi connectivity index (χ0v) is 19.2. The number of amides is 2. The van der Waals surface area contributed by atoms with E-state index >= 15 is 0 Å². The predicted octanol–water partition coefficient (Wildman–Crippen LogP) is 4.65. The Kier molecular flexibility index (Phi) is 8.83. The molecule has 0 radical (unpaired) electrons. The summed E-state index contributed by atoms with van der Waals surface area (Å²) < 4.78 is 5.24. The number of nitrogens with one attached hydrogen (secondary N) is 1. The van der Waals surface area contributed by atoms with Crippen molar-refractivity contribution in [3.8, 4) is 5.75 Å². The molecule has 1 N–H and O–H groups in total. The molecular formula is C25H32N2O3S. The highest BCUT2D eigenvalue weighted by atomic mass is 32.2. The quantitative estimate of drug-likeness (QED) is 0.546. The Hall–Kier alpha value is -2.47. The van der Waals surface area contributed by atoms with E-state index in [0.29, 0.717) is 18.7 Å². The van der Waals surface area contributed by atoms with Gasteiger partial charge in [0.2, 0.25) is 11.8 Å². The number of carbonyl (C=O) groups excluding carboxylic acids is 2. The van der Waals surface area contributed by atoms with Gasteiger partial charge in [0.1, 0.15) is 11.8 Å². The summed E-state index contributed by atoms with van der Waals surface area (Å²) in [6, 6.07) is 17.3. The van der Waals surface area contributed by atoms with Crippen LogP contribution in [0.3, 0.4) is 0 Å². The summed E-state index contributed by atoms with van der Waals surface area (Å²) in [5.74, 6) is 0.999. The zero-order chi connectivity index (χ0) is 22.1. The van der Waals surface area contributed by atoms with Crippen LogP contribution in [0.25, 0.3) is 0 Å². The molecular weight excluding hydrogens is 408 g/mol. The number of benzene rings is 2. The van der Waals surface area contributed by atoms with Gasteiger partial charge in [-0.25, -0.2) is 0 Å². The van der Waals surface area contributed by atoms with Gasteiger partial charge in [-0.3, -0.25) is 9.59 Å². The van der Waals surface area contributed by atoms with Gasteiger partial charge in [-0.2, -0.15) is 0 Å². The lowest BCUT2D eigenvalue weighted by Crippen LogP contribution is -2.51. The van der Waals surface area contributed by atoms with Crippen LogP contribution in [0.5, 0.6) is 5.75 Å². The first-order valence-electron chi connectivity index (χ1n) is 11.0. The Labute approximate surface area is 189 Å². The molecule has 0 bridgehead atoms. The lowest BCUT2D eigenvalue weighted by atomic mass is 10.1. The first kappa shape index (κ1) is 23.2. The Balaban J connectivity index is 1.74. The maximum absolute atomic E-state index is 13.3. The number of hydrogen-bond acceptors (Lipinski definition) is 4. The second-order valence-corrected chi connectivity index (χ2v) is 8.93. The molecule has 0 spiro atoms. The standard InChI is InChI=1S/C25H32N2O3S/c1-3-23(25(29)26-20-9-7-8-10-20)27(17-19-13-15-21(30-2)16-14-19)24(28)18-31-22-11-5-4-6-12-22/h4-6,11-16,20,23H,3,7-10,17-18H2,1-2H3,(H,26,29)/t23-/m0/s1. The molecule has 2 aromatic carbocycles. The van der Waals surface area contributed by atoms with E-state index in [4.69, 9.17) is 4.74 Å². The van der Waals surface area contributed by atoms with Gasteiger partial charge in [-0.05, 0) is 49.1 Å². The monoisotopic (exact) mass is 440 g/mol. The van der Waals surface area contributed by atoms with E-state index in [0.717, 1.165) is 41.9 Å². The number of hydrogen-bond donors (Lipinski definition) is 1. The van der Waals surface area contributed by atoms with Crippen molar-refractivity contribution in [3.05, 3.63) is 60.2 Å². The maximum Gasteiger partial charge on any atom is 0.243 e. The van der Waals surface area contributed by atoms with Crippen molar-refractivity contribution in [3.63, 3.8) is 0 Å². The molecule has 2 aromatic rings. The van der Waals surface area contributed by atoms with Gasteiger partial charge in [0, 0.05) is 17.5 Å². The lowest BCUT2D eigenvalue weighted by Gasteiger charge is -2.31. The average molecular weight is 441 g/mol. The van der Waals surface area contributed by atoms with Gasteiger partial charge < -0.3 is 15.0 Å². The first-order valence-corrected chi connectivity index (χ1v) is 12.0. The van der Waals surface area contributed by atoms with Crippen LogP contribution in [0.4, 0.5) is 0 Å². The molecule has 5 nitrogen and oxygen atoms in total. The second kappa shape index (κ2) is 11.8. The molecule has 2 amide bonds. The molecule has 1 fully saturated rings. The number of nitrogens with zero attached hydrogens (tertiary/aromatic N) is 1. The lowest BCUT2D eigenvalue weighted by molar-refractivity contribution is -0.139. The van der Waals surface area contributed by atoms with Crippen LogP contribution >= 0.6 is 11.8 Å². The first-order chi connectivity index (χ1) is 15.1. The largest absolute Gasteiger partial charge is 0.497 e. The van der Waals surface area contributed by atoms with Gasteiger partial charge >= 0.3 is 0 Å². The van der Waals surface area contributed by atoms with Crippen molar-refractivity contribution in [2.75, 3.05) is 12.9 Å². The van der Waals surface area contributed by atoms with Crippen molar-refractivity contribution in [2.24, 2.45) is 0 Å². The summed E-state index contributed by atoms with van der Waals surface area (Å²) in [4.78, 5) is 29.2. The third-order valence-corrected chi connectivity index (χ3v) is 6.70. The minimum Gasteiger partial charge on any atom is -0.497 e. The van der Waals surface area contributed by atoms with Crippen LogP contribution in [0, 0.1) is 0 Å². The Bertz CT molecular complexity index is 836. The fourth-order valence-electron chi connectivity index (χ4n) is 3.96. The van der Waals surface area contributed by atoms with Crippen molar-refractivity contribution in [2.45, 2.75) is 62.6 Å². The van der Waals surface area contributed by atoms with Crippen LogP contribution < -0.4 is 10.1 Å². The average Bonchev–Trinajstić information content (AvgIpc) is 3.31. The third-order valence-electron chi connectivity index (χ3n) is 5.70. The number of carbonyl (C=O) groups is 2. The summed E-state index contributed by atoms with van der Waals surface area (Å²) in [5.41, 5.74) is 0.978. The van der Waals surface area contributed by atoms with Gasteiger partial charge in [-0.15, -0.1) is 11.8 Å². The molecule has 3 rings (SSSR count). The minimum absolute atomic E-state index is 0.0295. The fourth-order valence-corrected chi connectivity index (χ4v) is 4.76. The van der Waals surface area contributed by atoms with E-state index in [1.54, 1.807) is 12.0 Å². The topological polar surface area (TPSA) is 58.6 Å². The minimum atomic E-state index is -0.480. The molecule has 1 atom stereocenters. The highest BCUT2D eigenvalue weighted by molar-refractivity contribution is 8.00. The van der Waals surface area contributed by atoms with E-state index < -0.39 is 6.04 Å². The highest BCUT2D eigenvalue weighted by Crippen LogP contribution is 2.22. The fraction of sp³-hybridized carbons (Fsp3) is 0.440. The smallest absolute Gasteiger partial charge is 0.243 e. The van der Waals surface area contributed by atoms with Crippen LogP contribution in [0.2, 0.25) is 0 Å². The molecule has 1 aliphatic carbocycles. The molecule has 0 aromatic heterocycles. The van der Waals surface area contributed by atoms with E-state index in [2.05, 4.69) is 5.32 Å². The molecule has 31 heavy (non-hydrogen) atoms. The molecule has 6 heteroatoms. The van der Waals surface area contributed by atoms with Crippen LogP contribution in [0.1, 0.15) is 44.6 Å². The van der Waals surface area contributed by atoms with Crippen LogP contribution in [-0.2, 0) is 16.1 Å². The zero-order valence-electron chi connectivity index (χ0n) is 18.4. The van der Waals surface area contributed by atoms with Crippen molar-refractivity contribution >= 4 is 23.6 Å². The number of rotatable bonds is 10. The molecule has 1 saturated carbocycles. The number of methoxy groups -OCH3 is 1. The summed E-state index contributed by atoms with van der Waals surface area (Å²) in [6.07, 6.45) is 4.95. The van der Waals surface area contributed by atoms with E-state index in [9.17, 15) is 9.59 Å². The highest BCUT2D eigenvalue weighted by Gasteiger charge is 2.30. The molecule has 166 valence electrons. The molecule has 1 aliphatic rings. The van der Waals surface area contributed by atoms with Gasteiger partial charge in [-0.1, -0.05) is 50.1 Å². The Morgan fingerprint density at radius 3 is 2.39 bits per heavy atom. The number of ether oxygens (including phenoxy) is 1. The Morgan fingerprint density at radius 1 is 1.10 bits per heavy atom. The van der Waals surface area contributed by atoms with Crippen molar-refractivity contribution in [1.29, 1.82) is 0 Å². The summed E-state index contributed by atoms with van der Waals surface area (Å²) >= 11 is 1.50. The predicted molar refractivity (Wildman–Crippen MR) is 125 cm³/mol. The normalized spacial score (nSPS) is 14.8. The number of thioether (sulfide) groups is 1. The maximum atomic E-state index is 13.3. The molecule has 0 aliphatic heterocycles. The summed E-state index contributed by atoms with van der Waals surface area (Å²) in [5, 5.41) is 3.18. The molecule has 0 saturated heterocycles. The van der Waals surface area contributed by atoms with Gasteiger partial charge in [0.25, 0.3) is 0 Å². The Morgan fingerprint density at radius 2 is 1.77 bits per heavy atom. The van der Waals surface area contributed by atoms with Crippen LogP contribution in [-0.4, -0.2) is 41.7 Å². The molecule has 0 heterocycles. The third kappa shape index (κ3) is 6.76. The van der Waals surface area contributed by atoms with Crippen molar-refractivity contribution in [1.82, 2.24) is 10.2 Å². The SMILES string of the molecule is CC[C@@H](C(=O)NC1CCCC1)N(Cc1ccc(OC)cc1)C(=O)CSc1ccccc1. The van der Waals surface area contributed by atoms with Gasteiger partial charge in [0.05, 0.1) is 12.9 Å².